The average molecular weight is 385 g/mol. The van der Waals surface area contributed by atoms with Gasteiger partial charge in [0.05, 0.1) is 24.5 Å². The molecular formula is C20H24FN5O2. The van der Waals surface area contributed by atoms with Gasteiger partial charge in [-0.2, -0.15) is 5.10 Å². The number of ether oxygens (including phenoxy) is 1. The lowest BCUT2D eigenvalue weighted by molar-refractivity contribution is 0.188. The highest BCUT2D eigenvalue weighted by Gasteiger charge is 2.23. The Labute approximate surface area is 163 Å². The Hall–Kier alpha value is -2.71. The van der Waals surface area contributed by atoms with Gasteiger partial charge in [0, 0.05) is 39.1 Å². The molecule has 2 aromatic heterocycles. The zero-order chi connectivity index (χ0) is 19.5. The van der Waals surface area contributed by atoms with Crippen LogP contribution in [0, 0.1) is 5.82 Å². The number of imidazole rings is 1. The SMILES string of the molecule is Cn1ccnc1[C@H](O)c1cc2n(n1)CCN(CCCOc1ccc(F)cc1)C2. The zero-order valence-electron chi connectivity index (χ0n) is 15.8. The normalized spacial score (nSPS) is 15.4. The van der Waals surface area contributed by atoms with Crippen LogP contribution in [0.4, 0.5) is 4.39 Å². The molecule has 1 aliphatic heterocycles. The Balaban J connectivity index is 1.29. The molecule has 0 unspecified atom stereocenters. The van der Waals surface area contributed by atoms with Crippen molar-refractivity contribution in [3.8, 4) is 5.75 Å². The molecule has 1 atom stereocenters. The smallest absolute Gasteiger partial charge is 0.155 e. The minimum atomic E-state index is -0.823. The molecule has 4 rings (SSSR count). The largest absolute Gasteiger partial charge is 0.494 e. The summed E-state index contributed by atoms with van der Waals surface area (Å²) < 4.78 is 22.3. The summed E-state index contributed by atoms with van der Waals surface area (Å²) in [5.74, 6) is 1.01. The summed E-state index contributed by atoms with van der Waals surface area (Å²) >= 11 is 0. The van der Waals surface area contributed by atoms with Crippen molar-refractivity contribution in [3.05, 3.63) is 65.8 Å². The van der Waals surface area contributed by atoms with Crippen LogP contribution < -0.4 is 4.74 Å². The first kappa shape index (κ1) is 18.6. The zero-order valence-corrected chi connectivity index (χ0v) is 15.8. The molecule has 0 aliphatic carbocycles. The monoisotopic (exact) mass is 385 g/mol. The van der Waals surface area contributed by atoms with E-state index in [4.69, 9.17) is 4.74 Å². The summed E-state index contributed by atoms with van der Waals surface area (Å²) in [5, 5.41) is 15.1. The lowest BCUT2D eigenvalue weighted by Crippen LogP contribution is -2.35. The lowest BCUT2D eigenvalue weighted by atomic mass is 10.2. The van der Waals surface area contributed by atoms with Crippen molar-refractivity contribution in [1.82, 2.24) is 24.2 Å². The van der Waals surface area contributed by atoms with Gasteiger partial charge in [-0.25, -0.2) is 9.37 Å². The quantitative estimate of drug-likeness (QED) is 0.631. The van der Waals surface area contributed by atoms with Gasteiger partial charge in [0.15, 0.2) is 6.10 Å². The molecule has 0 spiro atoms. The van der Waals surface area contributed by atoms with Gasteiger partial charge in [-0.3, -0.25) is 9.58 Å². The summed E-state index contributed by atoms with van der Waals surface area (Å²) in [6.45, 7) is 3.98. The summed E-state index contributed by atoms with van der Waals surface area (Å²) in [4.78, 5) is 6.56. The van der Waals surface area contributed by atoms with Gasteiger partial charge in [-0.15, -0.1) is 0 Å². The predicted octanol–water partition coefficient (Wildman–Crippen LogP) is 2.12. The number of aliphatic hydroxyl groups is 1. The Morgan fingerprint density at radius 1 is 1.25 bits per heavy atom. The standard InChI is InChI=1S/C20H24FN5O2/c1-24-9-7-22-20(24)19(27)18-13-16-14-25(10-11-26(16)23-18)8-2-12-28-17-5-3-15(21)4-6-17/h3-7,9,13,19,27H,2,8,10-12,14H2,1H3/t19-/m1/s1. The van der Waals surface area contributed by atoms with E-state index >= 15 is 0 Å². The fourth-order valence-corrected chi connectivity index (χ4v) is 3.45. The Morgan fingerprint density at radius 2 is 2.07 bits per heavy atom. The predicted molar refractivity (Wildman–Crippen MR) is 101 cm³/mol. The highest BCUT2D eigenvalue weighted by Crippen LogP contribution is 2.22. The van der Waals surface area contributed by atoms with E-state index in [1.807, 2.05) is 24.0 Å². The van der Waals surface area contributed by atoms with Crippen LogP contribution in [-0.4, -0.2) is 49.0 Å². The number of fused-ring (bicyclic) bond motifs is 1. The van der Waals surface area contributed by atoms with E-state index in [0.29, 0.717) is 23.9 Å². The van der Waals surface area contributed by atoms with Crippen molar-refractivity contribution in [1.29, 1.82) is 0 Å². The maximum absolute atomic E-state index is 12.9. The number of rotatable bonds is 7. The van der Waals surface area contributed by atoms with Gasteiger partial charge in [-0.1, -0.05) is 0 Å². The summed E-state index contributed by atoms with van der Waals surface area (Å²) in [6.07, 6.45) is 3.54. The molecule has 8 heteroatoms. The van der Waals surface area contributed by atoms with Crippen molar-refractivity contribution in [2.75, 3.05) is 19.7 Å². The summed E-state index contributed by atoms with van der Waals surface area (Å²) in [7, 11) is 1.86. The molecule has 0 amide bonds. The molecule has 3 aromatic rings. The van der Waals surface area contributed by atoms with Crippen LogP contribution in [-0.2, 0) is 20.1 Å². The summed E-state index contributed by atoms with van der Waals surface area (Å²) in [5.41, 5.74) is 1.72. The maximum atomic E-state index is 12.9. The topological polar surface area (TPSA) is 68.3 Å². The van der Waals surface area contributed by atoms with Crippen molar-refractivity contribution >= 4 is 0 Å². The first-order valence-corrected chi connectivity index (χ1v) is 9.43. The van der Waals surface area contributed by atoms with Crippen LogP contribution in [0.25, 0.3) is 0 Å². The van der Waals surface area contributed by atoms with E-state index in [1.54, 1.807) is 22.9 Å². The van der Waals surface area contributed by atoms with E-state index < -0.39 is 6.10 Å². The van der Waals surface area contributed by atoms with Gasteiger partial charge >= 0.3 is 0 Å². The molecular weight excluding hydrogens is 361 g/mol. The fraction of sp³-hybridized carbons (Fsp3) is 0.400. The number of hydrogen-bond acceptors (Lipinski definition) is 5. The average Bonchev–Trinajstić information content (AvgIpc) is 3.31. The number of aryl methyl sites for hydroxylation is 1. The number of nitrogens with zero attached hydrogens (tertiary/aromatic N) is 5. The van der Waals surface area contributed by atoms with Crippen LogP contribution in [0.5, 0.6) is 5.75 Å². The minimum Gasteiger partial charge on any atom is -0.494 e. The van der Waals surface area contributed by atoms with E-state index in [0.717, 1.165) is 38.3 Å². The molecule has 0 radical (unpaired) electrons. The van der Waals surface area contributed by atoms with Crippen LogP contribution >= 0.6 is 0 Å². The molecule has 148 valence electrons. The second-order valence-corrected chi connectivity index (χ2v) is 7.01. The molecule has 0 fully saturated rings. The molecule has 0 saturated heterocycles. The van der Waals surface area contributed by atoms with Crippen molar-refractivity contribution in [2.45, 2.75) is 25.6 Å². The second-order valence-electron chi connectivity index (χ2n) is 7.01. The van der Waals surface area contributed by atoms with Crippen LogP contribution in [0.3, 0.4) is 0 Å². The van der Waals surface area contributed by atoms with E-state index in [1.165, 1.54) is 12.1 Å². The Bertz CT molecular complexity index is 921. The number of benzene rings is 1. The number of aromatic nitrogens is 4. The molecule has 1 N–H and O–H groups in total. The third kappa shape index (κ3) is 4.07. The first-order valence-electron chi connectivity index (χ1n) is 9.43. The van der Waals surface area contributed by atoms with Crippen LogP contribution in [0.15, 0.2) is 42.7 Å². The number of aliphatic hydroxyl groups excluding tert-OH is 1. The minimum absolute atomic E-state index is 0.260. The van der Waals surface area contributed by atoms with Crippen molar-refractivity contribution in [3.63, 3.8) is 0 Å². The maximum Gasteiger partial charge on any atom is 0.155 e. The first-order chi connectivity index (χ1) is 13.6. The fourth-order valence-electron chi connectivity index (χ4n) is 3.45. The molecule has 7 nitrogen and oxygen atoms in total. The highest BCUT2D eigenvalue weighted by atomic mass is 19.1. The van der Waals surface area contributed by atoms with Crippen molar-refractivity contribution in [2.24, 2.45) is 7.05 Å². The Kier molecular flexibility index (Phi) is 5.40. The molecule has 0 bridgehead atoms. The molecule has 0 saturated carbocycles. The number of halogens is 1. The lowest BCUT2D eigenvalue weighted by Gasteiger charge is -2.27. The van der Waals surface area contributed by atoms with E-state index in [2.05, 4.69) is 15.0 Å². The molecule has 1 aromatic carbocycles. The van der Waals surface area contributed by atoms with Crippen molar-refractivity contribution < 1.29 is 14.2 Å². The van der Waals surface area contributed by atoms with Gasteiger partial charge < -0.3 is 14.4 Å². The van der Waals surface area contributed by atoms with Crippen LogP contribution in [0.1, 0.15) is 29.7 Å². The molecule has 28 heavy (non-hydrogen) atoms. The number of hydrogen-bond donors (Lipinski definition) is 1. The Morgan fingerprint density at radius 3 is 2.82 bits per heavy atom. The van der Waals surface area contributed by atoms with Gasteiger partial charge in [-0.05, 0) is 36.8 Å². The molecule has 1 aliphatic rings. The van der Waals surface area contributed by atoms with Gasteiger partial charge in [0.25, 0.3) is 0 Å². The second kappa shape index (κ2) is 8.12. The highest BCUT2D eigenvalue weighted by molar-refractivity contribution is 5.22. The molecule has 3 heterocycles. The summed E-state index contributed by atoms with van der Waals surface area (Å²) in [6, 6.07) is 8.04. The van der Waals surface area contributed by atoms with Gasteiger partial charge in [0.1, 0.15) is 17.4 Å². The van der Waals surface area contributed by atoms with Crippen LogP contribution in [0.2, 0.25) is 0 Å². The van der Waals surface area contributed by atoms with E-state index in [-0.39, 0.29) is 5.82 Å². The third-order valence-corrected chi connectivity index (χ3v) is 4.98. The third-order valence-electron chi connectivity index (χ3n) is 4.98. The van der Waals surface area contributed by atoms with E-state index in [9.17, 15) is 9.50 Å². The van der Waals surface area contributed by atoms with Gasteiger partial charge in [0.2, 0.25) is 0 Å².